The number of carbonyl (C=O) groups excluding carboxylic acids is 2. The van der Waals surface area contributed by atoms with Crippen LogP contribution in [0.25, 0.3) is 0 Å². The van der Waals surface area contributed by atoms with Gasteiger partial charge >= 0.3 is 0 Å². The first-order valence-corrected chi connectivity index (χ1v) is 20.5. The van der Waals surface area contributed by atoms with E-state index in [1.165, 1.54) is 13.2 Å². The number of halogens is 1. The van der Waals surface area contributed by atoms with Gasteiger partial charge in [0.1, 0.15) is 47.1 Å². The Kier molecular flexibility index (Phi) is 11.5. The zero-order chi connectivity index (χ0) is 42.0. The molecule has 0 spiro atoms. The second-order valence-corrected chi connectivity index (χ2v) is 17.0. The molecule has 0 bridgehead atoms. The summed E-state index contributed by atoms with van der Waals surface area (Å²) < 4.78 is 42.1. The molecule has 3 fully saturated rings. The highest BCUT2D eigenvalue weighted by Crippen LogP contribution is 2.53. The number of likely N-dealkylation sites (N-methyl/N-ethyl adjacent to an activating group) is 1. The first kappa shape index (κ1) is 41.8. The summed E-state index contributed by atoms with van der Waals surface area (Å²) in [5.74, 6) is -1.83. The highest BCUT2D eigenvalue weighted by molar-refractivity contribution is 14.1. The Morgan fingerprint density at radius 3 is 2.51 bits per heavy atom. The summed E-state index contributed by atoms with van der Waals surface area (Å²) in [5.41, 5.74) is -1.59. The standard InChI is InChI=1S/C42H49IN4O12/c1-21-38-26(46-14-16-55-40(54-5)39(46)58-38)17-29(56-21)57-28-19-42(52,41(44)45-13-15-47(2,3)20-22-9-11-23(59-43)12-10-22)18-25-31(28)37(51)33-32(35(25)49)34(48)24-7-6-8-27(53-4)30(24)36(33)50/h6-12,21,26,28-29,38-40,52H,13-20H2,1-5H3,(H3-,44,45,48,49,50,51)/p+1/t21-,26-,28-,29-,38+,39+,40-,42-/m0/s1. The molecular formula is C42H50IN4O12+. The van der Waals surface area contributed by atoms with Crippen molar-refractivity contribution >= 4 is 40.4 Å². The molecule has 8 rings (SSSR count). The van der Waals surface area contributed by atoms with Crippen LogP contribution in [0.4, 0.5) is 0 Å². The molecule has 3 saturated heterocycles. The Hall–Kier alpha value is -3.92. The van der Waals surface area contributed by atoms with E-state index < -0.39 is 59.7 Å². The summed E-state index contributed by atoms with van der Waals surface area (Å²) in [6.07, 6.45) is -4.15. The van der Waals surface area contributed by atoms with Crippen LogP contribution in [0.15, 0.2) is 42.5 Å². The molecular weight excluding hydrogens is 879 g/mol. The number of fused-ring (bicyclic) bond motifs is 6. The van der Waals surface area contributed by atoms with E-state index in [4.69, 9.17) is 31.5 Å². The van der Waals surface area contributed by atoms with E-state index in [1.54, 1.807) is 19.2 Å². The van der Waals surface area contributed by atoms with Crippen molar-refractivity contribution in [2.75, 3.05) is 54.6 Å². The lowest BCUT2D eigenvalue weighted by Gasteiger charge is -2.44. The zero-order valence-corrected chi connectivity index (χ0v) is 35.7. The topological polar surface area (TPSA) is 199 Å². The van der Waals surface area contributed by atoms with Gasteiger partial charge in [0.15, 0.2) is 47.6 Å². The van der Waals surface area contributed by atoms with Crippen LogP contribution in [0.1, 0.15) is 74.4 Å². The summed E-state index contributed by atoms with van der Waals surface area (Å²) >= 11 is 1.84. The molecule has 5 aliphatic rings. The van der Waals surface area contributed by atoms with Crippen molar-refractivity contribution < 1.29 is 60.9 Å². The molecule has 0 aromatic heterocycles. The van der Waals surface area contributed by atoms with Crippen LogP contribution in [0.5, 0.6) is 23.0 Å². The summed E-state index contributed by atoms with van der Waals surface area (Å²) in [5, 5.41) is 48.9. The second kappa shape index (κ2) is 16.2. The monoisotopic (exact) mass is 929 g/mol. The number of hydrogen-bond acceptors (Lipinski definition) is 14. The molecule has 2 aliphatic carbocycles. The number of aliphatic hydroxyl groups is 1. The lowest BCUT2D eigenvalue weighted by Crippen LogP contribution is -2.55. The van der Waals surface area contributed by atoms with Crippen molar-refractivity contribution in [1.29, 1.82) is 5.41 Å². The van der Waals surface area contributed by atoms with Crippen LogP contribution in [0, 0.1) is 5.41 Å². The number of phenols is 2. The third-order valence-electron chi connectivity index (χ3n) is 12.3. The molecule has 8 atom stereocenters. The largest absolute Gasteiger partial charge is 0.507 e. The number of nitrogens with zero attached hydrogens (tertiary/aromatic N) is 2. The van der Waals surface area contributed by atoms with Gasteiger partial charge in [-0.15, -0.1) is 0 Å². The summed E-state index contributed by atoms with van der Waals surface area (Å²) in [4.78, 5) is 30.5. The predicted molar refractivity (Wildman–Crippen MR) is 219 cm³/mol. The molecule has 17 heteroatoms. The number of rotatable bonds is 11. The number of nitrogens with one attached hydrogen (secondary N) is 2. The summed E-state index contributed by atoms with van der Waals surface area (Å²) in [6.45, 7) is 4.53. The third kappa shape index (κ3) is 7.48. The smallest absolute Gasteiger partial charge is 0.202 e. The fourth-order valence-electron chi connectivity index (χ4n) is 9.39. The average Bonchev–Trinajstić information content (AvgIpc) is 3.60. The maximum absolute atomic E-state index is 14.2. The lowest BCUT2D eigenvalue weighted by atomic mass is 9.72. The lowest BCUT2D eigenvalue weighted by molar-refractivity contribution is -0.902. The molecule has 0 amide bonds. The second-order valence-electron chi connectivity index (χ2n) is 16.5. The fraction of sp³-hybridized carbons (Fsp3) is 0.500. The number of quaternary nitrogens is 1. The van der Waals surface area contributed by atoms with Gasteiger partial charge in [-0.2, -0.15) is 0 Å². The highest BCUT2D eigenvalue weighted by atomic mass is 127. The van der Waals surface area contributed by atoms with Crippen molar-refractivity contribution in [3.8, 4) is 23.0 Å². The molecule has 0 unspecified atom stereocenters. The van der Waals surface area contributed by atoms with Gasteiger partial charge < -0.3 is 56.6 Å². The number of benzene rings is 3. The Morgan fingerprint density at radius 1 is 1.05 bits per heavy atom. The van der Waals surface area contributed by atoms with E-state index in [0.29, 0.717) is 43.7 Å². The highest BCUT2D eigenvalue weighted by Gasteiger charge is 2.55. The van der Waals surface area contributed by atoms with E-state index in [0.717, 1.165) is 11.3 Å². The van der Waals surface area contributed by atoms with Crippen LogP contribution in [0.2, 0.25) is 0 Å². The SMILES string of the molecule is COc1cccc2c1C(=O)c1c(O)c3c(c(O)c1C2=O)C[C@@](O)(C(=N)NCC[N+](C)(C)Cc1ccc(OI)cc1)C[C@@H]3O[C@H]1C[C@H]2[C@H](O[C@@H]3[C@@H](OC)OCCN32)[C@H](C)O1. The van der Waals surface area contributed by atoms with E-state index in [9.17, 15) is 30.3 Å². The van der Waals surface area contributed by atoms with Gasteiger partial charge in [0.05, 0.1) is 69.8 Å². The number of hydrogen-bond donors (Lipinski definition) is 5. The van der Waals surface area contributed by atoms with Gasteiger partial charge in [0, 0.05) is 61.2 Å². The number of morpholine rings is 1. The van der Waals surface area contributed by atoms with Gasteiger partial charge in [0.2, 0.25) is 5.78 Å². The Balaban J connectivity index is 1.10. The maximum Gasteiger partial charge on any atom is 0.202 e. The van der Waals surface area contributed by atoms with Gasteiger partial charge in [-0.25, -0.2) is 0 Å². The number of amidine groups is 1. The van der Waals surface area contributed by atoms with Crippen LogP contribution in [-0.4, -0.2) is 139 Å². The zero-order valence-electron chi connectivity index (χ0n) is 33.5. The van der Waals surface area contributed by atoms with Crippen molar-refractivity contribution in [2.45, 2.75) is 81.5 Å². The molecule has 5 N–H and O–H groups in total. The first-order chi connectivity index (χ1) is 28.2. The predicted octanol–water partition coefficient (Wildman–Crippen LogP) is 3.72. The first-order valence-electron chi connectivity index (χ1n) is 19.7. The maximum atomic E-state index is 14.2. The fourth-order valence-corrected chi connectivity index (χ4v) is 9.68. The van der Waals surface area contributed by atoms with Crippen molar-refractivity contribution in [2.24, 2.45) is 0 Å². The number of ketones is 2. The van der Waals surface area contributed by atoms with E-state index in [1.807, 2.05) is 54.2 Å². The normalized spacial score (nSPS) is 28.8. The van der Waals surface area contributed by atoms with Gasteiger partial charge in [-0.05, 0) is 37.3 Å². The number of ether oxygens (including phenoxy) is 6. The summed E-state index contributed by atoms with van der Waals surface area (Å²) in [6, 6.07) is 12.2. The third-order valence-corrected chi connectivity index (χ3v) is 12.8. The van der Waals surface area contributed by atoms with Gasteiger partial charge in [-0.3, -0.25) is 19.9 Å². The average molecular weight is 930 g/mol. The minimum atomic E-state index is -1.95. The van der Waals surface area contributed by atoms with Crippen LogP contribution < -0.4 is 13.1 Å². The Labute approximate surface area is 356 Å². The van der Waals surface area contributed by atoms with E-state index in [-0.39, 0.29) is 70.0 Å². The minimum absolute atomic E-state index is 0.00352. The Bertz CT molecular complexity index is 2150. The molecule has 3 heterocycles. The molecule has 3 aromatic carbocycles. The van der Waals surface area contributed by atoms with Crippen LogP contribution in [-0.2, 0) is 36.6 Å². The number of carbonyl (C=O) groups is 2. The molecule has 16 nitrogen and oxygen atoms in total. The van der Waals surface area contributed by atoms with Crippen molar-refractivity contribution in [3.63, 3.8) is 0 Å². The Morgan fingerprint density at radius 2 is 1.80 bits per heavy atom. The molecule has 3 aliphatic heterocycles. The number of methoxy groups -OCH3 is 2. The summed E-state index contributed by atoms with van der Waals surface area (Å²) in [7, 11) is 7.08. The number of phenolic OH excluding ortho intramolecular Hbond substituents is 2. The molecule has 59 heavy (non-hydrogen) atoms. The van der Waals surface area contributed by atoms with Crippen molar-refractivity contribution in [3.05, 3.63) is 81.4 Å². The molecule has 3 aromatic rings. The van der Waals surface area contributed by atoms with Crippen molar-refractivity contribution in [1.82, 2.24) is 10.2 Å². The molecule has 316 valence electrons. The quantitative estimate of drug-likeness (QED) is 0.0480. The van der Waals surface area contributed by atoms with Crippen LogP contribution >= 0.6 is 23.0 Å². The number of aromatic hydroxyl groups is 2. The van der Waals surface area contributed by atoms with Gasteiger partial charge in [0.25, 0.3) is 0 Å². The van der Waals surface area contributed by atoms with Crippen LogP contribution in [0.3, 0.4) is 0 Å². The molecule has 0 saturated carbocycles. The van der Waals surface area contributed by atoms with E-state index >= 15 is 0 Å². The molecule has 0 radical (unpaired) electrons. The van der Waals surface area contributed by atoms with Gasteiger partial charge in [-0.1, -0.05) is 12.1 Å². The minimum Gasteiger partial charge on any atom is -0.507 e. The van der Waals surface area contributed by atoms with E-state index in [2.05, 4.69) is 24.3 Å².